The number of halogens is 1. The molecule has 0 saturated carbocycles. The van der Waals surface area contributed by atoms with Gasteiger partial charge in [-0.3, -0.25) is 4.79 Å². The van der Waals surface area contributed by atoms with E-state index in [0.717, 1.165) is 5.56 Å². The van der Waals surface area contributed by atoms with Crippen LogP contribution in [0.2, 0.25) is 0 Å². The van der Waals surface area contributed by atoms with Crippen molar-refractivity contribution in [3.63, 3.8) is 0 Å². The van der Waals surface area contributed by atoms with E-state index in [1.165, 1.54) is 6.33 Å². The number of aromatic nitrogens is 2. The Balaban J connectivity index is 2.78. The van der Waals surface area contributed by atoms with Crippen LogP contribution in [0.15, 0.2) is 18.5 Å². The molecular weight excluding hydrogens is 202 g/mol. The van der Waals surface area contributed by atoms with Crippen molar-refractivity contribution in [2.45, 2.75) is 5.88 Å². The molecule has 0 radical (unpaired) electrons. The zero-order valence-electron chi connectivity index (χ0n) is 7.25. The maximum atomic E-state index is 11.1. The van der Waals surface area contributed by atoms with Gasteiger partial charge in [-0.05, 0) is 11.6 Å². The number of imidazole rings is 1. The molecule has 0 saturated heterocycles. The SMILES string of the molecule is NC(=O)c1ccc(CCl)c2nc[nH]c12. The van der Waals surface area contributed by atoms with E-state index in [0.29, 0.717) is 22.5 Å². The van der Waals surface area contributed by atoms with Gasteiger partial charge in [-0.25, -0.2) is 4.98 Å². The van der Waals surface area contributed by atoms with Crippen molar-refractivity contribution in [2.24, 2.45) is 5.73 Å². The van der Waals surface area contributed by atoms with Gasteiger partial charge in [0.1, 0.15) is 0 Å². The van der Waals surface area contributed by atoms with Crippen molar-refractivity contribution >= 4 is 28.5 Å². The maximum absolute atomic E-state index is 11.1. The molecule has 2 rings (SSSR count). The van der Waals surface area contributed by atoms with Gasteiger partial charge >= 0.3 is 0 Å². The molecule has 72 valence electrons. The number of carbonyl (C=O) groups is 1. The molecule has 0 fully saturated rings. The van der Waals surface area contributed by atoms with E-state index in [-0.39, 0.29) is 0 Å². The first-order valence-corrected chi connectivity index (χ1v) is 4.58. The van der Waals surface area contributed by atoms with Crippen LogP contribution < -0.4 is 5.73 Å². The zero-order chi connectivity index (χ0) is 10.1. The van der Waals surface area contributed by atoms with Crippen LogP contribution in [0.25, 0.3) is 11.0 Å². The largest absolute Gasteiger partial charge is 0.366 e. The van der Waals surface area contributed by atoms with Crippen molar-refractivity contribution in [3.8, 4) is 0 Å². The van der Waals surface area contributed by atoms with Gasteiger partial charge in [0.25, 0.3) is 5.91 Å². The molecule has 0 atom stereocenters. The summed E-state index contributed by atoms with van der Waals surface area (Å²) in [5.74, 6) is -0.110. The van der Waals surface area contributed by atoms with E-state index in [9.17, 15) is 4.79 Å². The average molecular weight is 210 g/mol. The Labute approximate surface area is 85.1 Å². The predicted octanol–water partition coefficient (Wildman–Crippen LogP) is 1.40. The van der Waals surface area contributed by atoms with Crippen LogP contribution in [0.5, 0.6) is 0 Å². The minimum absolute atomic E-state index is 0.362. The number of H-pyrrole nitrogens is 1. The fourth-order valence-electron chi connectivity index (χ4n) is 1.40. The third-order valence-electron chi connectivity index (χ3n) is 2.07. The van der Waals surface area contributed by atoms with E-state index in [4.69, 9.17) is 17.3 Å². The smallest absolute Gasteiger partial charge is 0.250 e. The molecule has 1 amide bonds. The van der Waals surface area contributed by atoms with E-state index in [2.05, 4.69) is 9.97 Å². The van der Waals surface area contributed by atoms with Gasteiger partial charge in [0.15, 0.2) is 0 Å². The first kappa shape index (κ1) is 9.02. The fourth-order valence-corrected chi connectivity index (χ4v) is 1.62. The van der Waals surface area contributed by atoms with E-state index in [1.54, 1.807) is 12.1 Å². The zero-order valence-corrected chi connectivity index (χ0v) is 8.01. The Kier molecular flexibility index (Phi) is 2.13. The third kappa shape index (κ3) is 1.24. The number of benzene rings is 1. The minimum atomic E-state index is -0.472. The number of carbonyl (C=O) groups excluding carboxylic acids is 1. The standard InChI is InChI=1S/C9H8ClN3O/c10-3-5-1-2-6(9(11)14)8-7(5)12-4-13-8/h1-2,4H,3H2,(H2,11,14)(H,12,13). The molecule has 4 nitrogen and oxygen atoms in total. The first-order valence-electron chi connectivity index (χ1n) is 4.04. The molecule has 1 aromatic carbocycles. The summed E-state index contributed by atoms with van der Waals surface area (Å²) < 4.78 is 0. The van der Waals surface area contributed by atoms with Gasteiger partial charge in [-0.15, -0.1) is 11.6 Å². The van der Waals surface area contributed by atoms with Crippen molar-refractivity contribution in [2.75, 3.05) is 0 Å². The molecule has 0 unspecified atom stereocenters. The number of amides is 1. The van der Waals surface area contributed by atoms with Crippen molar-refractivity contribution in [1.29, 1.82) is 0 Å². The predicted molar refractivity (Wildman–Crippen MR) is 54.2 cm³/mol. The number of fused-ring (bicyclic) bond motifs is 1. The van der Waals surface area contributed by atoms with Crippen LogP contribution in [0, 0.1) is 0 Å². The van der Waals surface area contributed by atoms with Crippen LogP contribution in [-0.2, 0) is 5.88 Å². The number of nitrogens with one attached hydrogen (secondary N) is 1. The lowest BCUT2D eigenvalue weighted by atomic mass is 10.1. The van der Waals surface area contributed by atoms with Crippen molar-refractivity contribution < 1.29 is 4.79 Å². The first-order chi connectivity index (χ1) is 6.74. The molecular formula is C9H8ClN3O. The monoisotopic (exact) mass is 209 g/mol. The molecule has 3 N–H and O–H groups in total. The highest BCUT2D eigenvalue weighted by atomic mass is 35.5. The number of aromatic amines is 1. The van der Waals surface area contributed by atoms with Gasteiger partial charge in [-0.2, -0.15) is 0 Å². The summed E-state index contributed by atoms with van der Waals surface area (Å²) in [6.45, 7) is 0. The lowest BCUT2D eigenvalue weighted by Gasteiger charge is -2.00. The highest BCUT2D eigenvalue weighted by Gasteiger charge is 2.10. The molecule has 0 spiro atoms. The van der Waals surface area contributed by atoms with E-state index >= 15 is 0 Å². The molecule has 14 heavy (non-hydrogen) atoms. The summed E-state index contributed by atoms with van der Waals surface area (Å²) in [7, 11) is 0. The summed E-state index contributed by atoms with van der Waals surface area (Å²) in [6.07, 6.45) is 1.52. The average Bonchev–Trinajstić information content (AvgIpc) is 2.64. The van der Waals surface area contributed by atoms with Gasteiger partial charge in [0.05, 0.1) is 22.9 Å². The lowest BCUT2D eigenvalue weighted by molar-refractivity contribution is 0.100. The quantitative estimate of drug-likeness (QED) is 0.734. The second kappa shape index (κ2) is 3.31. The Morgan fingerprint density at radius 3 is 3.00 bits per heavy atom. The second-order valence-corrected chi connectivity index (χ2v) is 3.16. The van der Waals surface area contributed by atoms with Crippen LogP contribution >= 0.6 is 11.6 Å². The number of rotatable bonds is 2. The molecule has 0 aliphatic rings. The molecule has 0 bridgehead atoms. The van der Waals surface area contributed by atoms with Crippen LogP contribution in [0.3, 0.4) is 0 Å². The van der Waals surface area contributed by atoms with Crippen LogP contribution in [0.1, 0.15) is 15.9 Å². The molecule has 2 aromatic rings. The van der Waals surface area contributed by atoms with E-state index < -0.39 is 5.91 Å². The molecule has 1 aromatic heterocycles. The molecule has 0 aliphatic heterocycles. The highest BCUT2D eigenvalue weighted by Crippen LogP contribution is 2.20. The number of nitrogens with zero attached hydrogens (tertiary/aromatic N) is 1. The lowest BCUT2D eigenvalue weighted by Crippen LogP contribution is -2.11. The summed E-state index contributed by atoms with van der Waals surface area (Å²) in [4.78, 5) is 18.0. The number of nitrogens with two attached hydrogens (primary N) is 1. The van der Waals surface area contributed by atoms with Gasteiger partial charge < -0.3 is 10.7 Å². The third-order valence-corrected chi connectivity index (χ3v) is 2.36. The Bertz CT molecular complexity index is 492. The molecule has 0 aliphatic carbocycles. The number of primary amides is 1. The summed E-state index contributed by atoms with van der Waals surface area (Å²) in [5, 5.41) is 0. The Morgan fingerprint density at radius 2 is 2.36 bits per heavy atom. The highest BCUT2D eigenvalue weighted by molar-refractivity contribution is 6.18. The topological polar surface area (TPSA) is 71.8 Å². The summed E-state index contributed by atoms with van der Waals surface area (Å²) in [6, 6.07) is 3.41. The van der Waals surface area contributed by atoms with Gasteiger partial charge in [0, 0.05) is 5.88 Å². The molecule has 5 heteroatoms. The maximum Gasteiger partial charge on any atom is 0.250 e. The van der Waals surface area contributed by atoms with Crippen LogP contribution in [-0.4, -0.2) is 15.9 Å². The Hall–Kier alpha value is -1.55. The second-order valence-electron chi connectivity index (χ2n) is 2.90. The number of alkyl halides is 1. The summed E-state index contributed by atoms with van der Waals surface area (Å²) in [5.41, 5.74) is 7.88. The molecule has 1 heterocycles. The Morgan fingerprint density at radius 1 is 1.57 bits per heavy atom. The van der Waals surface area contributed by atoms with Crippen molar-refractivity contribution in [1.82, 2.24) is 9.97 Å². The summed E-state index contributed by atoms with van der Waals surface area (Å²) >= 11 is 5.72. The van der Waals surface area contributed by atoms with Gasteiger partial charge in [-0.1, -0.05) is 6.07 Å². The number of hydrogen-bond acceptors (Lipinski definition) is 2. The van der Waals surface area contributed by atoms with E-state index in [1.807, 2.05) is 0 Å². The van der Waals surface area contributed by atoms with Crippen LogP contribution in [0.4, 0.5) is 0 Å². The number of hydrogen-bond donors (Lipinski definition) is 2. The fraction of sp³-hybridized carbons (Fsp3) is 0.111. The normalized spacial score (nSPS) is 10.6. The van der Waals surface area contributed by atoms with Crippen molar-refractivity contribution in [3.05, 3.63) is 29.6 Å². The van der Waals surface area contributed by atoms with Gasteiger partial charge in [0.2, 0.25) is 0 Å². The minimum Gasteiger partial charge on any atom is -0.366 e.